The average Bonchev–Trinajstić information content (AvgIpc) is 2.97. The van der Waals surface area contributed by atoms with E-state index in [9.17, 15) is 13.2 Å². The molecule has 0 fully saturated rings. The first-order chi connectivity index (χ1) is 12.4. The van der Waals surface area contributed by atoms with E-state index in [0.29, 0.717) is 8.95 Å². The molecule has 5 nitrogen and oxygen atoms in total. The molecule has 0 bridgehead atoms. The second-order valence-electron chi connectivity index (χ2n) is 5.32. The third-order valence-electron chi connectivity index (χ3n) is 3.57. The number of aromatic nitrogens is 1. The number of carbonyl (C=O) groups excluding carboxylic acids is 1. The van der Waals surface area contributed by atoms with Gasteiger partial charge in [0.05, 0.1) is 13.8 Å². The van der Waals surface area contributed by atoms with Gasteiger partial charge in [-0.05, 0) is 49.6 Å². The molecule has 0 aliphatic heterocycles. The summed E-state index contributed by atoms with van der Waals surface area (Å²) in [6, 6.07) is 17.0. The number of esters is 1. The van der Waals surface area contributed by atoms with E-state index < -0.39 is 16.0 Å². The van der Waals surface area contributed by atoms with Crippen LogP contribution in [0.4, 0.5) is 0 Å². The van der Waals surface area contributed by atoms with Crippen molar-refractivity contribution in [2.24, 2.45) is 0 Å². The van der Waals surface area contributed by atoms with Crippen LogP contribution in [0.2, 0.25) is 0 Å². The van der Waals surface area contributed by atoms with Crippen molar-refractivity contribution < 1.29 is 17.9 Å². The molecule has 134 valence electrons. The van der Waals surface area contributed by atoms with Crippen molar-refractivity contribution >= 4 is 47.9 Å². The lowest BCUT2D eigenvalue weighted by Gasteiger charge is -2.11. The lowest BCUT2D eigenvalue weighted by atomic mass is 10.2. The van der Waals surface area contributed by atoms with E-state index in [1.54, 1.807) is 18.2 Å². The lowest BCUT2D eigenvalue weighted by molar-refractivity contribution is 0.0463. The van der Waals surface area contributed by atoms with Crippen LogP contribution in [0.15, 0.2) is 80.7 Å². The van der Waals surface area contributed by atoms with Crippen LogP contribution in [0.5, 0.6) is 0 Å². The van der Waals surface area contributed by atoms with Crippen LogP contribution in [0.25, 0.3) is 0 Å². The summed E-state index contributed by atoms with van der Waals surface area (Å²) in [5.74, 6) is -0.745. The molecule has 1 aromatic heterocycles. The molecule has 0 radical (unpaired) electrons. The number of ether oxygens (including phenoxy) is 1. The molecule has 0 aliphatic carbocycles. The van der Waals surface area contributed by atoms with Crippen LogP contribution < -0.4 is 0 Å². The Labute approximate surface area is 167 Å². The molecule has 0 spiro atoms. The molecule has 8 heteroatoms. The molecule has 0 unspecified atom stereocenters. The van der Waals surface area contributed by atoms with Crippen molar-refractivity contribution in [2.75, 3.05) is 0 Å². The SMILES string of the molecule is O=C(OCc1ccccc1)c1c(Br)c(Br)cn1S(=O)(=O)c1ccccc1. The molecule has 0 atom stereocenters. The van der Waals surface area contributed by atoms with Crippen LogP contribution in [0.3, 0.4) is 0 Å². The number of nitrogens with zero attached hydrogens (tertiary/aromatic N) is 1. The summed E-state index contributed by atoms with van der Waals surface area (Å²) < 4.78 is 32.8. The van der Waals surface area contributed by atoms with Crippen molar-refractivity contribution in [1.29, 1.82) is 0 Å². The molecule has 0 saturated carbocycles. The zero-order valence-electron chi connectivity index (χ0n) is 13.3. The molecule has 0 amide bonds. The highest BCUT2D eigenvalue weighted by atomic mass is 79.9. The third-order valence-corrected chi connectivity index (χ3v) is 7.18. The first kappa shape index (κ1) is 18.9. The van der Waals surface area contributed by atoms with Gasteiger partial charge in [-0.15, -0.1) is 0 Å². The summed E-state index contributed by atoms with van der Waals surface area (Å²) in [7, 11) is -3.94. The minimum Gasteiger partial charge on any atom is -0.456 e. The van der Waals surface area contributed by atoms with Crippen molar-refractivity contribution in [3.05, 3.63) is 87.1 Å². The van der Waals surface area contributed by atoms with Gasteiger partial charge in [0.25, 0.3) is 10.0 Å². The Morgan fingerprint density at radius 1 is 0.962 bits per heavy atom. The predicted molar refractivity (Wildman–Crippen MR) is 104 cm³/mol. The van der Waals surface area contributed by atoms with E-state index in [2.05, 4.69) is 31.9 Å². The number of benzene rings is 2. The molecule has 0 aliphatic rings. The van der Waals surface area contributed by atoms with E-state index in [-0.39, 0.29) is 17.2 Å². The fourth-order valence-corrected chi connectivity index (χ4v) is 4.78. The smallest absolute Gasteiger partial charge is 0.357 e. The maximum atomic E-state index is 12.9. The van der Waals surface area contributed by atoms with Crippen molar-refractivity contribution in [1.82, 2.24) is 3.97 Å². The van der Waals surface area contributed by atoms with Crippen LogP contribution in [-0.2, 0) is 21.4 Å². The number of hydrogen-bond donors (Lipinski definition) is 0. The number of carbonyl (C=O) groups is 1. The summed E-state index contributed by atoms with van der Waals surface area (Å²) in [4.78, 5) is 12.7. The highest BCUT2D eigenvalue weighted by molar-refractivity contribution is 9.13. The molecule has 3 aromatic rings. The molecule has 3 rings (SSSR count). The van der Waals surface area contributed by atoms with E-state index in [1.807, 2.05) is 30.3 Å². The van der Waals surface area contributed by atoms with Gasteiger partial charge in [0.15, 0.2) is 5.69 Å². The number of halogens is 2. The largest absolute Gasteiger partial charge is 0.456 e. The highest BCUT2D eigenvalue weighted by Gasteiger charge is 2.28. The second-order valence-corrected chi connectivity index (χ2v) is 8.78. The Hall–Kier alpha value is -1.90. The Morgan fingerprint density at radius 2 is 1.54 bits per heavy atom. The van der Waals surface area contributed by atoms with Gasteiger partial charge in [-0.2, -0.15) is 0 Å². The monoisotopic (exact) mass is 497 g/mol. The number of hydrogen-bond acceptors (Lipinski definition) is 4. The minimum atomic E-state index is -3.94. The van der Waals surface area contributed by atoms with Gasteiger partial charge in [0.2, 0.25) is 0 Å². The van der Waals surface area contributed by atoms with Gasteiger partial charge < -0.3 is 4.74 Å². The Morgan fingerprint density at radius 3 is 2.15 bits per heavy atom. The molecule has 2 aromatic carbocycles. The predicted octanol–water partition coefficient (Wildman–Crippen LogP) is 4.61. The van der Waals surface area contributed by atoms with Gasteiger partial charge in [-0.1, -0.05) is 48.5 Å². The van der Waals surface area contributed by atoms with Crippen LogP contribution in [-0.4, -0.2) is 18.4 Å². The molecule has 1 heterocycles. The van der Waals surface area contributed by atoms with Crippen LogP contribution in [0.1, 0.15) is 16.1 Å². The summed E-state index contributed by atoms with van der Waals surface area (Å²) in [5, 5.41) is 0. The summed E-state index contributed by atoms with van der Waals surface area (Å²) in [6.45, 7) is 0.0420. The molecule has 0 saturated heterocycles. The van der Waals surface area contributed by atoms with Crippen molar-refractivity contribution in [3.63, 3.8) is 0 Å². The van der Waals surface area contributed by atoms with Gasteiger partial charge >= 0.3 is 5.97 Å². The van der Waals surface area contributed by atoms with E-state index in [1.165, 1.54) is 18.3 Å². The maximum Gasteiger partial charge on any atom is 0.357 e. The normalized spacial score (nSPS) is 11.3. The minimum absolute atomic E-state index is 0.0420. The first-order valence-electron chi connectivity index (χ1n) is 7.49. The fraction of sp³-hybridized carbons (Fsp3) is 0.0556. The lowest BCUT2D eigenvalue weighted by Crippen LogP contribution is -2.19. The molecule has 26 heavy (non-hydrogen) atoms. The second kappa shape index (κ2) is 7.77. The van der Waals surface area contributed by atoms with Crippen LogP contribution >= 0.6 is 31.9 Å². The quantitative estimate of drug-likeness (QED) is 0.482. The summed E-state index contributed by atoms with van der Waals surface area (Å²) in [5.41, 5.74) is 0.705. The van der Waals surface area contributed by atoms with E-state index in [0.717, 1.165) is 9.54 Å². The van der Waals surface area contributed by atoms with Crippen molar-refractivity contribution in [3.8, 4) is 0 Å². The maximum absolute atomic E-state index is 12.9. The Balaban J connectivity index is 1.96. The average molecular weight is 499 g/mol. The molecular weight excluding hydrogens is 486 g/mol. The molecular formula is C18H13Br2NO4S. The molecule has 0 N–H and O–H groups in total. The Bertz CT molecular complexity index is 1030. The third kappa shape index (κ3) is 3.77. The highest BCUT2D eigenvalue weighted by Crippen LogP contribution is 2.32. The van der Waals surface area contributed by atoms with Gasteiger partial charge in [-0.3, -0.25) is 0 Å². The van der Waals surface area contributed by atoms with Crippen LogP contribution in [0, 0.1) is 0 Å². The van der Waals surface area contributed by atoms with E-state index >= 15 is 0 Å². The zero-order valence-corrected chi connectivity index (χ0v) is 17.3. The fourth-order valence-electron chi connectivity index (χ4n) is 2.30. The van der Waals surface area contributed by atoms with Crippen molar-refractivity contribution in [2.45, 2.75) is 11.5 Å². The number of rotatable bonds is 5. The topological polar surface area (TPSA) is 65.4 Å². The summed E-state index contributed by atoms with van der Waals surface area (Å²) in [6.07, 6.45) is 1.32. The Kier molecular flexibility index (Phi) is 5.64. The first-order valence-corrected chi connectivity index (χ1v) is 10.5. The van der Waals surface area contributed by atoms with Gasteiger partial charge in [-0.25, -0.2) is 17.2 Å². The zero-order chi connectivity index (χ0) is 18.7. The van der Waals surface area contributed by atoms with E-state index in [4.69, 9.17) is 4.74 Å². The van der Waals surface area contributed by atoms with Gasteiger partial charge in [0, 0.05) is 6.20 Å². The van der Waals surface area contributed by atoms with Gasteiger partial charge in [0.1, 0.15) is 6.61 Å². The standard InChI is InChI=1S/C18H13Br2NO4S/c19-15-11-21(26(23,24)14-9-5-2-6-10-14)17(16(15)20)18(22)25-12-13-7-3-1-4-8-13/h1-11H,12H2. The summed E-state index contributed by atoms with van der Waals surface area (Å²) >= 11 is 6.52.